The van der Waals surface area contributed by atoms with Crippen molar-refractivity contribution in [2.24, 2.45) is 7.05 Å². The minimum absolute atomic E-state index is 0.195. The summed E-state index contributed by atoms with van der Waals surface area (Å²) in [7, 11) is 1.73. The van der Waals surface area contributed by atoms with Crippen molar-refractivity contribution < 1.29 is 13.2 Å². The van der Waals surface area contributed by atoms with E-state index in [1.165, 1.54) is 6.07 Å². The van der Waals surface area contributed by atoms with Crippen LogP contribution in [-0.4, -0.2) is 16.3 Å². The predicted molar refractivity (Wildman–Crippen MR) is 77.9 cm³/mol. The number of benzene rings is 1. The van der Waals surface area contributed by atoms with E-state index < -0.39 is 17.8 Å². The van der Waals surface area contributed by atoms with Crippen LogP contribution in [0.3, 0.4) is 0 Å². The van der Waals surface area contributed by atoms with Gasteiger partial charge in [0.15, 0.2) is 0 Å². The Hall–Kier alpha value is -1.34. The molecule has 1 aromatic heterocycles. The fourth-order valence-electron chi connectivity index (χ4n) is 2.23. The molecule has 1 atom stereocenters. The summed E-state index contributed by atoms with van der Waals surface area (Å²) < 4.78 is 41.8. The Morgan fingerprint density at radius 1 is 1.38 bits per heavy atom. The van der Waals surface area contributed by atoms with Crippen molar-refractivity contribution in [3.05, 3.63) is 51.8 Å². The Kier molecular flexibility index (Phi) is 4.73. The average molecular weight is 362 g/mol. The van der Waals surface area contributed by atoms with E-state index in [1.54, 1.807) is 30.2 Å². The summed E-state index contributed by atoms with van der Waals surface area (Å²) in [5.74, 6) is 0. The number of hydrogen-bond acceptors (Lipinski definition) is 2. The quantitative estimate of drug-likeness (QED) is 0.894. The molecule has 0 saturated heterocycles. The Labute approximate surface area is 129 Å². The van der Waals surface area contributed by atoms with Crippen LogP contribution in [0.4, 0.5) is 13.2 Å². The summed E-state index contributed by atoms with van der Waals surface area (Å²) >= 11 is 3.10. The van der Waals surface area contributed by atoms with Gasteiger partial charge < -0.3 is 5.32 Å². The largest absolute Gasteiger partial charge is 0.416 e. The van der Waals surface area contributed by atoms with Crippen molar-refractivity contribution in [1.29, 1.82) is 0 Å². The smallest absolute Gasteiger partial charge is 0.306 e. The monoisotopic (exact) mass is 361 g/mol. The molecule has 7 heteroatoms. The van der Waals surface area contributed by atoms with Gasteiger partial charge in [-0.25, -0.2) is 0 Å². The van der Waals surface area contributed by atoms with Gasteiger partial charge in [-0.2, -0.15) is 18.3 Å². The van der Waals surface area contributed by atoms with E-state index in [9.17, 15) is 13.2 Å². The van der Waals surface area contributed by atoms with Gasteiger partial charge in [-0.3, -0.25) is 4.68 Å². The number of rotatable bonds is 4. The van der Waals surface area contributed by atoms with Crippen LogP contribution in [0.25, 0.3) is 0 Å². The molecule has 0 radical (unpaired) electrons. The molecule has 0 aliphatic carbocycles. The van der Waals surface area contributed by atoms with E-state index in [2.05, 4.69) is 26.3 Å². The molecule has 0 aliphatic rings. The van der Waals surface area contributed by atoms with Crippen molar-refractivity contribution in [3.8, 4) is 0 Å². The molecule has 2 rings (SSSR count). The van der Waals surface area contributed by atoms with Crippen LogP contribution in [0.1, 0.15) is 29.7 Å². The van der Waals surface area contributed by atoms with Crippen LogP contribution < -0.4 is 5.32 Å². The van der Waals surface area contributed by atoms with Crippen LogP contribution in [-0.2, 0) is 13.2 Å². The van der Waals surface area contributed by atoms with Gasteiger partial charge >= 0.3 is 6.18 Å². The van der Waals surface area contributed by atoms with E-state index in [-0.39, 0.29) is 5.56 Å². The SMILES string of the molecule is CCNC(c1cnn(C)c1)c1ccc(Br)cc1C(F)(F)F. The molecule has 0 aliphatic heterocycles. The van der Waals surface area contributed by atoms with Gasteiger partial charge in [-0.05, 0) is 24.2 Å². The molecular formula is C14H15BrF3N3. The first-order valence-corrected chi connectivity index (χ1v) is 7.20. The maximum Gasteiger partial charge on any atom is 0.416 e. The zero-order valence-electron chi connectivity index (χ0n) is 11.6. The van der Waals surface area contributed by atoms with Crippen molar-refractivity contribution >= 4 is 15.9 Å². The van der Waals surface area contributed by atoms with Gasteiger partial charge in [0.1, 0.15) is 0 Å². The third-order valence-electron chi connectivity index (χ3n) is 3.10. The van der Waals surface area contributed by atoms with Gasteiger partial charge in [-0.15, -0.1) is 0 Å². The number of alkyl halides is 3. The van der Waals surface area contributed by atoms with Crippen LogP contribution in [0.2, 0.25) is 0 Å². The first-order valence-electron chi connectivity index (χ1n) is 6.41. The van der Waals surface area contributed by atoms with Crippen LogP contribution in [0, 0.1) is 0 Å². The highest BCUT2D eigenvalue weighted by molar-refractivity contribution is 9.10. The fraction of sp³-hybridized carbons (Fsp3) is 0.357. The number of halogens is 4. The molecule has 1 heterocycles. The fourth-order valence-corrected chi connectivity index (χ4v) is 2.59. The zero-order chi connectivity index (χ0) is 15.6. The van der Waals surface area contributed by atoms with E-state index in [1.807, 2.05) is 6.92 Å². The van der Waals surface area contributed by atoms with Crippen molar-refractivity contribution in [2.75, 3.05) is 6.54 Å². The lowest BCUT2D eigenvalue weighted by atomic mass is 9.96. The van der Waals surface area contributed by atoms with Gasteiger partial charge in [0.2, 0.25) is 0 Å². The molecule has 0 saturated carbocycles. The van der Waals surface area contributed by atoms with Crippen LogP contribution >= 0.6 is 15.9 Å². The molecule has 3 nitrogen and oxygen atoms in total. The Morgan fingerprint density at radius 2 is 2.10 bits per heavy atom. The standard InChI is InChI=1S/C14H15BrF3N3/c1-3-19-13(9-7-20-21(2)8-9)11-5-4-10(15)6-12(11)14(16,17)18/h4-8,13,19H,3H2,1-2H3. The van der Waals surface area contributed by atoms with Gasteiger partial charge in [0.05, 0.1) is 17.8 Å². The van der Waals surface area contributed by atoms with E-state index >= 15 is 0 Å². The molecule has 1 unspecified atom stereocenters. The highest BCUT2D eigenvalue weighted by atomic mass is 79.9. The first-order chi connectivity index (χ1) is 9.82. The number of aryl methyl sites for hydroxylation is 1. The van der Waals surface area contributed by atoms with Gasteiger partial charge in [-0.1, -0.05) is 28.9 Å². The topological polar surface area (TPSA) is 29.9 Å². The van der Waals surface area contributed by atoms with Crippen molar-refractivity contribution in [3.63, 3.8) is 0 Å². The Morgan fingerprint density at radius 3 is 2.62 bits per heavy atom. The zero-order valence-corrected chi connectivity index (χ0v) is 13.2. The third kappa shape index (κ3) is 3.65. The third-order valence-corrected chi connectivity index (χ3v) is 3.59. The molecule has 1 aromatic carbocycles. The average Bonchev–Trinajstić information content (AvgIpc) is 2.82. The molecule has 0 spiro atoms. The first kappa shape index (κ1) is 16.0. The molecule has 114 valence electrons. The molecule has 0 fully saturated rings. The molecular weight excluding hydrogens is 347 g/mol. The molecule has 1 N–H and O–H groups in total. The maximum atomic E-state index is 13.3. The number of nitrogens with zero attached hydrogens (tertiary/aromatic N) is 2. The summed E-state index contributed by atoms with van der Waals surface area (Å²) in [6.45, 7) is 2.41. The molecule has 0 amide bonds. The predicted octanol–water partition coefficient (Wildman–Crippen LogP) is 3.90. The van der Waals surface area contributed by atoms with E-state index in [0.29, 0.717) is 16.6 Å². The van der Waals surface area contributed by atoms with Crippen LogP contribution in [0.5, 0.6) is 0 Å². The van der Waals surface area contributed by atoms with Gasteiger partial charge in [0, 0.05) is 23.3 Å². The molecule has 21 heavy (non-hydrogen) atoms. The second-order valence-corrected chi connectivity index (χ2v) is 5.58. The minimum Gasteiger partial charge on any atom is -0.306 e. The highest BCUT2D eigenvalue weighted by Crippen LogP contribution is 2.38. The van der Waals surface area contributed by atoms with Crippen molar-refractivity contribution in [2.45, 2.75) is 19.1 Å². The Balaban J connectivity index is 2.55. The second kappa shape index (κ2) is 6.19. The minimum atomic E-state index is -4.41. The number of hydrogen-bond donors (Lipinski definition) is 1. The maximum absolute atomic E-state index is 13.3. The van der Waals surface area contributed by atoms with E-state index in [4.69, 9.17) is 0 Å². The summed E-state index contributed by atoms with van der Waals surface area (Å²) in [4.78, 5) is 0. The second-order valence-electron chi connectivity index (χ2n) is 4.67. The lowest BCUT2D eigenvalue weighted by Gasteiger charge is -2.22. The summed E-state index contributed by atoms with van der Waals surface area (Å²) in [6.07, 6.45) is -1.11. The summed E-state index contributed by atoms with van der Waals surface area (Å²) in [5.41, 5.74) is 0.249. The van der Waals surface area contributed by atoms with E-state index in [0.717, 1.165) is 6.07 Å². The lowest BCUT2D eigenvalue weighted by molar-refractivity contribution is -0.138. The Bertz CT molecular complexity index is 622. The summed E-state index contributed by atoms with van der Waals surface area (Å²) in [6, 6.07) is 3.67. The molecule has 0 bridgehead atoms. The summed E-state index contributed by atoms with van der Waals surface area (Å²) in [5, 5.41) is 7.13. The highest BCUT2D eigenvalue weighted by Gasteiger charge is 2.35. The molecule has 2 aromatic rings. The van der Waals surface area contributed by atoms with Crippen molar-refractivity contribution in [1.82, 2.24) is 15.1 Å². The van der Waals surface area contributed by atoms with Crippen LogP contribution in [0.15, 0.2) is 35.1 Å². The van der Waals surface area contributed by atoms with Gasteiger partial charge in [0.25, 0.3) is 0 Å². The normalized spacial score (nSPS) is 13.4. The number of aromatic nitrogens is 2. The number of nitrogens with one attached hydrogen (secondary N) is 1. The lowest BCUT2D eigenvalue weighted by Crippen LogP contribution is -2.24.